The van der Waals surface area contributed by atoms with Crippen molar-refractivity contribution in [3.05, 3.63) is 65.1 Å². The topological polar surface area (TPSA) is 88.3 Å². The summed E-state index contributed by atoms with van der Waals surface area (Å²) in [5.74, 6) is 0.0269. The molecule has 2 aromatic heterocycles. The lowest BCUT2D eigenvalue weighted by Crippen LogP contribution is -2.41. The van der Waals surface area contributed by atoms with Gasteiger partial charge < -0.3 is 14.6 Å². The van der Waals surface area contributed by atoms with Crippen molar-refractivity contribution in [2.75, 3.05) is 18.4 Å². The van der Waals surface area contributed by atoms with Crippen LogP contribution in [-0.2, 0) is 17.6 Å². The van der Waals surface area contributed by atoms with Gasteiger partial charge in [0.1, 0.15) is 5.01 Å². The van der Waals surface area contributed by atoms with E-state index in [0.29, 0.717) is 36.8 Å². The first kappa shape index (κ1) is 19.3. The molecule has 3 heterocycles. The Kier molecular flexibility index (Phi) is 6.00. The van der Waals surface area contributed by atoms with Gasteiger partial charge in [-0.3, -0.25) is 9.59 Å². The lowest BCUT2D eigenvalue weighted by Gasteiger charge is -2.30. The van der Waals surface area contributed by atoms with E-state index in [2.05, 4.69) is 27.6 Å². The molecule has 1 aliphatic rings. The first-order valence-electron chi connectivity index (χ1n) is 9.69. The fourth-order valence-corrected chi connectivity index (χ4v) is 4.15. The third kappa shape index (κ3) is 4.89. The highest BCUT2D eigenvalue weighted by atomic mass is 32.1. The molecule has 0 saturated carbocycles. The summed E-state index contributed by atoms with van der Waals surface area (Å²) in [6, 6.07) is 13.6. The first-order valence-corrected chi connectivity index (χ1v) is 10.5. The first-order chi connectivity index (χ1) is 14.2. The number of anilines is 1. The van der Waals surface area contributed by atoms with Crippen LogP contribution in [0.25, 0.3) is 0 Å². The number of carbonyl (C=O) groups is 2. The smallest absolute Gasteiger partial charge is 0.289 e. The van der Waals surface area contributed by atoms with Gasteiger partial charge in [-0.2, -0.15) is 0 Å². The maximum Gasteiger partial charge on any atom is 0.289 e. The van der Waals surface area contributed by atoms with Crippen LogP contribution in [0.2, 0.25) is 0 Å². The van der Waals surface area contributed by atoms with Crippen molar-refractivity contribution >= 4 is 28.3 Å². The summed E-state index contributed by atoms with van der Waals surface area (Å²) in [7, 11) is 0. The van der Waals surface area contributed by atoms with Crippen LogP contribution in [0.5, 0.6) is 0 Å². The molecular weight excluding hydrogens is 388 g/mol. The van der Waals surface area contributed by atoms with E-state index in [1.165, 1.54) is 23.2 Å². The Morgan fingerprint density at radius 2 is 1.86 bits per heavy atom. The van der Waals surface area contributed by atoms with Gasteiger partial charge in [-0.15, -0.1) is 10.2 Å². The molecule has 1 saturated heterocycles. The maximum absolute atomic E-state index is 12.6. The molecule has 1 fully saturated rings. The van der Waals surface area contributed by atoms with Gasteiger partial charge in [-0.05, 0) is 37.0 Å². The number of likely N-dealkylation sites (tertiary alicyclic amines) is 1. The molecule has 1 aliphatic heterocycles. The second kappa shape index (κ2) is 9.00. The summed E-state index contributed by atoms with van der Waals surface area (Å²) < 4.78 is 5.17. The fraction of sp³-hybridized carbons (Fsp3) is 0.333. The minimum absolute atomic E-state index is 0.0548. The Balaban J connectivity index is 1.25. The van der Waals surface area contributed by atoms with E-state index >= 15 is 0 Å². The number of aromatic nitrogens is 2. The van der Waals surface area contributed by atoms with Crippen LogP contribution in [0.3, 0.4) is 0 Å². The monoisotopic (exact) mass is 410 g/mol. The van der Waals surface area contributed by atoms with E-state index in [9.17, 15) is 9.59 Å². The Labute approximate surface area is 172 Å². The number of hydrogen-bond donors (Lipinski definition) is 1. The summed E-state index contributed by atoms with van der Waals surface area (Å²) in [5.41, 5.74) is 1.25. The molecule has 3 aromatic rings. The molecule has 0 spiro atoms. The van der Waals surface area contributed by atoms with Crippen molar-refractivity contribution in [1.29, 1.82) is 0 Å². The molecule has 0 unspecified atom stereocenters. The molecule has 1 N–H and O–H groups in total. The predicted molar refractivity (Wildman–Crippen MR) is 110 cm³/mol. The van der Waals surface area contributed by atoms with Crippen molar-refractivity contribution in [2.24, 2.45) is 5.92 Å². The average Bonchev–Trinajstić information content (AvgIpc) is 3.45. The predicted octanol–water partition coefficient (Wildman–Crippen LogP) is 3.41. The van der Waals surface area contributed by atoms with E-state index in [1.807, 2.05) is 18.2 Å². The van der Waals surface area contributed by atoms with Gasteiger partial charge in [0.15, 0.2) is 5.76 Å². The quantitative estimate of drug-likeness (QED) is 0.673. The summed E-state index contributed by atoms with van der Waals surface area (Å²) in [5, 5.41) is 12.6. The number of piperidine rings is 1. The van der Waals surface area contributed by atoms with Crippen molar-refractivity contribution in [3.8, 4) is 0 Å². The highest BCUT2D eigenvalue weighted by Crippen LogP contribution is 2.23. The molecule has 4 rings (SSSR count). The number of nitrogens with zero attached hydrogens (tertiary/aromatic N) is 3. The van der Waals surface area contributed by atoms with Gasteiger partial charge in [-0.1, -0.05) is 41.7 Å². The van der Waals surface area contributed by atoms with Gasteiger partial charge in [0.2, 0.25) is 11.0 Å². The zero-order valence-corrected chi connectivity index (χ0v) is 16.7. The third-order valence-corrected chi connectivity index (χ3v) is 5.95. The van der Waals surface area contributed by atoms with E-state index in [-0.39, 0.29) is 17.7 Å². The van der Waals surface area contributed by atoms with E-state index in [0.717, 1.165) is 17.8 Å². The highest BCUT2D eigenvalue weighted by molar-refractivity contribution is 7.15. The number of benzene rings is 1. The zero-order valence-electron chi connectivity index (χ0n) is 15.9. The van der Waals surface area contributed by atoms with Crippen LogP contribution in [0.15, 0.2) is 53.1 Å². The molecule has 29 heavy (non-hydrogen) atoms. The number of rotatable bonds is 6. The normalized spacial score (nSPS) is 14.7. The van der Waals surface area contributed by atoms with Crippen LogP contribution in [0.1, 0.15) is 34.0 Å². The second-order valence-corrected chi connectivity index (χ2v) is 8.08. The molecule has 0 bridgehead atoms. The van der Waals surface area contributed by atoms with Crippen LogP contribution in [0.4, 0.5) is 5.13 Å². The molecule has 2 amide bonds. The summed E-state index contributed by atoms with van der Waals surface area (Å²) >= 11 is 1.42. The van der Waals surface area contributed by atoms with Crippen molar-refractivity contribution < 1.29 is 14.0 Å². The number of amides is 2. The van der Waals surface area contributed by atoms with E-state index in [1.54, 1.807) is 17.0 Å². The van der Waals surface area contributed by atoms with Crippen LogP contribution < -0.4 is 5.32 Å². The van der Waals surface area contributed by atoms with Gasteiger partial charge >= 0.3 is 0 Å². The molecule has 0 atom stereocenters. The molecular formula is C21H22N4O3S. The minimum atomic E-state index is -0.132. The Morgan fingerprint density at radius 1 is 1.07 bits per heavy atom. The van der Waals surface area contributed by atoms with E-state index < -0.39 is 0 Å². The minimum Gasteiger partial charge on any atom is -0.459 e. The zero-order chi connectivity index (χ0) is 20.1. The summed E-state index contributed by atoms with van der Waals surface area (Å²) in [4.78, 5) is 26.6. The molecule has 8 heteroatoms. The highest BCUT2D eigenvalue weighted by Gasteiger charge is 2.29. The second-order valence-electron chi connectivity index (χ2n) is 7.02. The Morgan fingerprint density at radius 3 is 2.59 bits per heavy atom. The van der Waals surface area contributed by atoms with Crippen molar-refractivity contribution in [1.82, 2.24) is 15.1 Å². The molecule has 1 aromatic carbocycles. The van der Waals surface area contributed by atoms with Gasteiger partial charge in [-0.25, -0.2) is 0 Å². The maximum atomic E-state index is 12.6. The number of carbonyl (C=O) groups excluding carboxylic acids is 2. The van der Waals surface area contributed by atoms with Crippen molar-refractivity contribution in [2.45, 2.75) is 25.7 Å². The number of furan rings is 1. The third-order valence-electron chi connectivity index (χ3n) is 5.05. The largest absolute Gasteiger partial charge is 0.459 e. The molecule has 7 nitrogen and oxygen atoms in total. The van der Waals surface area contributed by atoms with Crippen LogP contribution in [-0.4, -0.2) is 40.0 Å². The van der Waals surface area contributed by atoms with Gasteiger partial charge in [0.05, 0.1) is 6.26 Å². The Hall–Kier alpha value is -3.00. The number of nitrogens with one attached hydrogen (secondary N) is 1. The lowest BCUT2D eigenvalue weighted by molar-refractivity contribution is -0.121. The van der Waals surface area contributed by atoms with Crippen molar-refractivity contribution in [3.63, 3.8) is 0 Å². The van der Waals surface area contributed by atoms with Gasteiger partial charge in [0.25, 0.3) is 5.91 Å². The number of hydrogen-bond acceptors (Lipinski definition) is 6. The molecule has 0 radical (unpaired) electrons. The molecule has 150 valence electrons. The Bertz CT molecular complexity index is 947. The van der Waals surface area contributed by atoms with Crippen LogP contribution >= 0.6 is 11.3 Å². The van der Waals surface area contributed by atoms with Crippen LogP contribution in [0, 0.1) is 5.92 Å². The standard InChI is InChI=1S/C21H22N4O3S/c26-19(16-10-12-25(13-11-16)20(27)17-7-4-14-28-17)22-21-24-23-18(29-21)9-8-15-5-2-1-3-6-15/h1-7,14,16H,8-13H2,(H,22,24,26). The SMILES string of the molecule is O=C(Nc1nnc(CCc2ccccc2)s1)C1CCN(C(=O)c2ccco2)CC1. The lowest BCUT2D eigenvalue weighted by atomic mass is 9.96. The molecule has 0 aliphatic carbocycles. The summed E-state index contributed by atoms with van der Waals surface area (Å²) in [6.07, 6.45) is 4.43. The summed E-state index contributed by atoms with van der Waals surface area (Å²) in [6.45, 7) is 1.08. The fourth-order valence-electron chi connectivity index (χ4n) is 3.41. The van der Waals surface area contributed by atoms with Gasteiger partial charge in [0, 0.05) is 25.4 Å². The van der Waals surface area contributed by atoms with E-state index in [4.69, 9.17) is 4.42 Å². The number of aryl methyl sites for hydroxylation is 2. The average molecular weight is 410 g/mol.